The van der Waals surface area contributed by atoms with Gasteiger partial charge < -0.3 is 20.5 Å². The van der Waals surface area contributed by atoms with Crippen LogP contribution >= 0.6 is 0 Å². The molecule has 0 saturated carbocycles. The first-order valence-electron chi connectivity index (χ1n) is 8.79. The third-order valence-corrected chi connectivity index (χ3v) is 4.15. The van der Waals surface area contributed by atoms with Crippen molar-refractivity contribution in [1.29, 1.82) is 0 Å². The van der Waals surface area contributed by atoms with Gasteiger partial charge in [0.1, 0.15) is 0 Å². The molecule has 0 spiro atoms. The lowest BCUT2D eigenvalue weighted by Gasteiger charge is -2.12. The molecule has 0 unspecified atom stereocenters. The van der Waals surface area contributed by atoms with Gasteiger partial charge in [0.25, 0.3) is 11.8 Å². The van der Waals surface area contributed by atoms with Crippen LogP contribution in [-0.4, -0.2) is 40.5 Å². The van der Waals surface area contributed by atoms with Crippen molar-refractivity contribution < 1.29 is 19.1 Å². The molecule has 0 atom stereocenters. The Kier molecular flexibility index (Phi) is 5.77. The average Bonchev–Trinajstić information content (AvgIpc) is 3.08. The van der Waals surface area contributed by atoms with E-state index in [2.05, 4.69) is 15.6 Å². The van der Waals surface area contributed by atoms with Crippen LogP contribution < -0.4 is 20.5 Å². The largest absolute Gasteiger partial charge is 0.493 e. The Labute approximate surface area is 167 Å². The first-order chi connectivity index (χ1) is 13.9. The maximum Gasteiger partial charge on any atom is 0.278 e. The summed E-state index contributed by atoms with van der Waals surface area (Å²) in [4.78, 5) is 23.7. The minimum atomic E-state index is -0.620. The van der Waals surface area contributed by atoms with Gasteiger partial charge in [-0.25, -0.2) is 4.68 Å². The number of ether oxygens (including phenoxy) is 2. The maximum atomic E-state index is 12.7. The van der Waals surface area contributed by atoms with Crippen LogP contribution in [0, 0.1) is 13.8 Å². The Bertz CT molecular complexity index is 1060. The summed E-state index contributed by atoms with van der Waals surface area (Å²) < 4.78 is 12.1. The number of nitrogens with zero attached hydrogens (tertiary/aromatic N) is 3. The number of methoxy groups -OCH3 is 1. The molecule has 29 heavy (non-hydrogen) atoms. The van der Waals surface area contributed by atoms with Crippen LogP contribution in [0.2, 0.25) is 0 Å². The number of anilines is 1. The van der Waals surface area contributed by atoms with Gasteiger partial charge in [0.2, 0.25) is 0 Å². The van der Waals surface area contributed by atoms with Crippen molar-refractivity contribution in [3.8, 4) is 17.2 Å². The number of carbonyl (C=O) groups is 2. The Hall–Kier alpha value is -3.88. The summed E-state index contributed by atoms with van der Waals surface area (Å²) in [6, 6.07) is 12.5. The number of primary amides is 1. The maximum absolute atomic E-state index is 12.7. The van der Waals surface area contributed by atoms with Crippen molar-refractivity contribution in [2.24, 2.45) is 5.73 Å². The third-order valence-electron chi connectivity index (χ3n) is 4.15. The number of rotatable bonds is 7. The van der Waals surface area contributed by atoms with Gasteiger partial charge in [0.05, 0.1) is 18.5 Å². The zero-order valence-electron chi connectivity index (χ0n) is 16.3. The molecule has 0 aliphatic rings. The second-order valence-electron chi connectivity index (χ2n) is 6.35. The molecule has 3 rings (SSSR count). The van der Waals surface area contributed by atoms with E-state index in [1.54, 1.807) is 29.8 Å². The first-order valence-corrected chi connectivity index (χ1v) is 8.79. The van der Waals surface area contributed by atoms with Gasteiger partial charge in [-0.15, -0.1) is 5.10 Å². The SMILES string of the molecule is COc1ccc(NC(=O)c2nnn(-c3cccc(C)c3)c2C)cc1OCC(N)=O. The number of benzene rings is 2. The molecule has 9 nitrogen and oxygen atoms in total. The Morgan fingerprint density at radius 3 is 2.62 bits per heavy atom. The molecular weight excluding hydrogens is 374 g/mol. The number of aryl methyl sites for hydroxylation is 1. The Morgan fingerprint density at radius 1 is 1.14 bits per heavy atom. The molecule has 0 bridgehead atoms. The molecule has 2 amide bonds. The standard InChI is InChI=1S/C20H21N5O4/c1-12-5-4-6-15(9-12)25-13(2)19(23-24-25)20(27)22-14-7-8-16(28-3)17(10-14)29-11-18(21)26/h4-10H,11H2,1-3H3,(H2,21,26)(H,22,27). The number of hydrogen-bond donors (Lipinski definition) is 2. The van der Waals surface area contributed by atoms with Crippen molar-refractivity contribution in [2.75, 3.05) is 19.0 Å². The fourth-order valence-corrected chi connectivity index (χ4v) is 2.75. The number of amides is 2. The topological polar surface area (TPSA) is 121 Å². The van der Waals surface area contributed by atoms with E-state index in [1.807, 2.05) is 31.2 Å². The van der Waals surface area contributed by atoms with Gasteiger partial charge in [-0.05, 0) is 43.7 Å². The fraction of sp³-hybridized carbons (Fsp3) is 0.200. The van der Waals surface area contributed by atoms with Crippen LogP contribution in [0.4, 0.5) is 5.69 Å². The summed E-state index contributed by atoms with van der Waals surface area (Å²) in [6.45, 7) is 3.44. The van der Waals surface area contributed by atoms with E-state index in [0.29, 0.717) is 17.1 Å². The summed E-state index contributed by atoms with van der Waals surface area (Å²) in [5, 5.41) is 10.9. The number of carbonyl (C=O) groups excluding carboxylic acids is 2. The highest BCUT2D eigenvalue weighted by atomic mass is 16.5. The lowest BCUT2D eigenvalue weighted by molar-refractivity contribution is -0.119. The van der Waals surface area contributed by atoms with Crippen molar-refractivity contribution >= 4 is 17.5 Å². The highest BCUT2D eigenvalue weighted by Gasteiger charge is 2.18. The van der Waals surface area contributed by atoms with Crippen molar-refractivity contribution in [2.45, 2.75) is 13.8 Å². The summed E-state index contributed by atoms with van der Waals surface area (Å²) >= 11 is 0. The van der Waals surface area contributed by atoms with Crippen molar-refractivity contribution in [3.63, 3.8) is 0 Å². The van der Waals surface area contributed by atoms with Crippen LogP contribution in [0.15, 0.2) is 42.5 Å². The highest BCUT2D eigenvalue weighted by molar-refractivity contribution is 6.03. The molecule has 1 heterocycles. The quantitative estimate of drug-likeness (QED) is 0.631. The molecule has 9 heteroatoms. The van der Waals surface area contributed by atoms with Gasteiger partial charge in [-0.1, -0.05) is 17.3 Å². The second-order valence-corrected chi connectivity index (χ2v) is 6.35. The summed E-state index contributed by atoms with van der Waals surface area (Å²) in [5.41, 5.74) is 8.25. The van der Waals surface area contributed by atoms with Crippen LogP contribution in [0.1, 0.15) is 21.7 Å². The van der Waals surface area contributed by atoms with E-state index in [4.69, 9.17) is 15.2 Å². The predicted molar refractivity (Wildman–Crippen MR) is 106 cm³/mol. The predicted octanol–water partition coefficient (Wildman–Crippen LogP) is 2.01. The van der Waals surface area contributed by atoms with Gasteiger partial charge in [-0.3, -0.25) is 9.59 Å². The third kappa shape index (κ3) is 4.52. The van der Waals surface area contributed by atoms with Gasteiger partial charge in [0.15, 0.2) is 23.8 Å². The molecule has 0 aliphatic heterocycles. The molecule has 1 aromatic heterocycles. The Balaban J connectivity index is 1.82. The van der Waals surface area contributed by atoms with Gasteiger partial charge in [0, 0.05) is 11.8 Å². The number of aromatic nitrogens is 3. The number of nitrogens with two attached hydrogens (primary N) is 1. The monoisotopic (exact) mass is 395 g/mol. The molecule has 0 fully saturated rings. The second kappa shape index (κ2) is 8.42. The number of nitrogens with one attached hydrogen (secondary N) is 1. The minimum absolute atomic E-state index is 0.196. The van der Waals surface area contributed by atoms with Crippen LogP contribution in [-0.2, 0) is 4.79 Å². The Morgan fingerprint density at radius 2 is 1.93 bits per heavy atom. The lowest BCUT2D eigenvalue weighted by atomic mass is 10.2. The first kappa shape index (κ1) is 19.9. The zero-order chi connectivity index (χ0) is 21.0. The lowest BCUT2D eigenvalue weighted by Crippen LogP contribution is -2.20. The van der Waals surface area contributed by atoms with Crippen LogP contribution in [0.5, 0.6) is 11.5 Å². The average molecular weight is 395 g/mol. The van der Waals surface area contributed by atoms with E-state index < -0.39 is 11.8 Å². The summed E-state index contributed by atoms with van der Waals surface area (Å²) in [5.74, 6) is -0.354. The normalized spacial score (nSPS) is 10.4. The van der Waals surface area contributed by atoms with Crippen molar-refractivity contribution in [3.05, 3.63) is 59.4 Å². The number of hydrogen-bond acceptors (Lipinski definition) is 6. The van der Waals surface area contributed by atoms with E-state index >= 15 is 0 Å². The molecular formula is C20H21N5O4. The smallest absolute Gasteiger partial charge is 0.278 e. The van der Waals surface area contributed by atoms with Crippen LogP contribution in [0.3, 0.4) is 0 Å². The molecule has 0 radical (unpaired) electrons. The van der Waals surface area contributed by atoms with E-state index in [1.165, 1.54) is 7.11 Å². The van der Waals surface area contributed by atoms with Gasteiger partial charge in [-0.2, -0.15) is 0 Å². The van der Waals surface area contributed by atoms with E-state index in [0.717, 1.165) is 11.3 Å². The molecule has 3 N–H and O–H groups in total. The molecule has 0 aliphatic carbocycles. The summed E-state index contributed by atoms with van der Waals surface area (Å²) in [6.07, 6.45) is 0. The van der Waals surface area contributed by atoms with E-state index in [9.17, 15) is 9.59 Å². The highest BCUT2D eigenvalue weighted by Crippen LogP contribution is 2.30. The zero-order valence-corrected chi connectivity index (χ0v) is 16.3. The molecule has 3 aromatic rings. The minimum Gasteiger partial charge on any atom is -0.493 e. The molecule has 150 valence electrons. The summed E-state index contributed by atoms with van der Waals surface area (Å²) in [7, 11) is 1.47. The van der Waals surface area contributed by atoms with Crippen molar-refractivity contribution in [1.82, 2.24) is 15.0 Å². The molecule has 0 saturated heterocycles. The van der Waals surface area contributed by atoms with Gasteiger partial charge >= 0.3 is 0 Å². The van der Waals surface area contributed by atoms with Crippen LogP contribution in [0.25, 0.3) is 5.69 Å². The van der Waals surface area contributed by atoms with E-state index in [-0.39, 0.29) is 18.1 Å². The fourth-order valence-electron chi connectivity index (χ4n) is 2.75. The molecule has 2 aromatic carbocycles.